The number of aromatic nitrogens is 2. The SMILES string of the molecule is O=C1C[C@H](NCC2CC2)[C@H](c2ccccc2)N1c1ccc2c(cnn2-c2ccc(F)cc2)c1. The van der Waals surface area contributed by atoms with E-state index in [1.165, 1.54) is 25.0 Å². The third kappa shape index (κ3) is 3.80. The first-order valence-corrected chi connectivity index (χ1v) is 11.5. The number of carbonyl (C=O) groups excluding carboxylic acids is 1. The summed E-state index contributed by atoms with van der Waals surface area (Å²) in [7, 11) is 0. The third-order valence-corrected chi connectivity index (χ3v) is 6.73. The molecule has 0 radical (unpaired) electrons. The van der Waals surface area contributed by atoms with E-state index in [4.69, 9.17) is 0 Å². The molecule has 5 nitrogen and oxygen atoms in total. The van der Waals surface area contributed by atoms with E-state index < -0.39 is 0 Å². The maximum atomic E-state index is 13.3. The lowest BCUT2D eigenvalue weighted by Crippen LogP contribution is -2.37. The maximum absolute atomic E-state index is 13.3. The highest BCUT2D eigenvalue weighted by atomic mass is 19.1. The Morgan fingerprint density at radius 2 is 1.73 bits per heavy atom. The second kappa shape index (κ2) is 8.12. The minimum Gasteiger partial charge on any atom is -0.311 e. The molecule has 6 rings (SSSR count). The number of hydrogen-bond acceptors (Lipinski definition) is 3. The molecule has 1 aromatic heterocycles. The molecule has 0 spiro atoms. The Morgan fingerprint density at radius 1 is 0.970 bits per heavy atom. The second-order valence-corrected chi connectivity index (χ2v) is 9.06. The van der Waals surface area contributed by atoms with E-state index in [0.717, 1.165) is 40.3 Å². The lowest BCUT2D eigenvalue weighted by Gasteiger charge is -2.29. The molecule has 1 aliphatic carbocycles. The van der Waals surface area contributed by atoms with Crippen LogP contribution in [-0.4, -0.2) is 28.3 Å². The van der Waals surface area contributed by atoms with Gasteiger partial charge in [0.15, 0.2) is 0 Å². The van der Waals surface area contributed by atoms with Crippen molar-refractivity contribution in [1.29, 1.82) is 0 Å². The van der Waals surface area contributed by atoms with Crippen molar-refractivity contribution in [2.24, 2.45) is 5.92 Å². The van der Waals surface area contributed by atoms with Crippen LogP contribution in [0.1, 0.15) is 30.9 Å². The fourth-order valence-electron chi connectivity index (χ4n) is 4.85. The van der Waals surface area contributed by atoms with E-state index in [2.05, 4.69) is 22.5 Å². The molecule has 1 amide bonds. The van der Waals surface area contributed by atoms with Crippen molar-refractivity contribution in [3.63, 3.8) is 0 Å². The highest BCUT2D eigenvalue weighted by Gasteiger charge is 2.42. The molecule has 2 heterocycles. The summed E-state index contributed by atoms with van der Waals surface area (Å²) in [6, 6.07) is 22.6. The maximum Gasteiger partial charge on any atom is 0.229 e. The summed E-state index contributed by atoms with van der Waals surface area (Å²) >= 11 is 0. The first kappa shape index (κ1) is 20.1. The van der Waals surface area contributed by atoms with E-state index in [-0.39, 0.29) is 23.8 Å². The summed E-state index contributed by atoms with van der Waals surface area (Å²) in [5, 5.41) is 9.12. The second-order valence-electron chi connectivity index (χ2n) is 9.06. The molecule has 2 atom stereocenters. The molecule has 6 heteroatoms. The van der Waals surface area contributed by atoms with Crippen molar-refractivity contribution in [3.05, 3.63) is 90.4 Å². The van der Waals surface area contributed by atoms with Gasteiger partial charge in [0.2, 0.25) is 5.91 Å². The van der Waals surface area contributed by atoms with Gasteiger partial charge in [0.25, 0.3) is 0 Å². The van der Waals surface area contributed by atoms with Crippen molar-refractivity contribution in [1.82, 2.24) is 15.1 Å². The number of rotatable bonds is 6. The molecule has 166 valence electrons. The smallest absolute Gasteiger partial charge is 0.229 e. The van der Waals surface area contributed by atoms with Gasteiger partial charge in [-0.3, -0.25) is 4.79 Å². The van der Waals surface area contributed by atoms with Gasteiger partial charge in [0.05, 0.1) is 23.4 Å². The van der Waals surface area contributed by atoms with Crippen LogP contribution in [0.4, 0.5) is 10.1 Å². The normalized spacial score (nSPS) is 20.6. The predicted octanol–water partition coefficient (Wildman–Crippen LogP) is 5.01. The number of fused-ring (bicyclic) bond motifs is 1. The zero-order valence-electron chi connectivity index (χ0n) is 18.2. The quantitative estimate of drug-likeness (QED) is 0.459. The van der Waals surface area contributed by atoms with E-state index in [0.29, 0.717) is 6.42 Å². The molecule has 2 fully saturated rings. The van der Waals surface area contributed by atoms with Crippen LogP contribution in [0.2, 0.25) is 0 Å². The fraction of sp³-hybridized carbons (Fsp3) is 0.259. The molecule has 0 bridgehead atoms. The monoisotopic (exact) mass is 440 g/mol. The number of nitrogens with one attached hydrogen (secondary N) is 1. The molecule has 1 N–H and O–H groups in total. The highest BCUT2D eigenvalue weighted by molar-refractivity contribution is 5.99. The van der Waals surface area contributed by atoms with Crippen LogP contribution < -0.4 is 10.2 Å². The zero-order chi connectivity index (χ0) is 22.4. The largest absolute Gasteiger partial charge is 0.311 e. The van der Waals surface area contributed by atoms with Crippen LogP contribution in [0.25, 0.3) is 16.6 Å². The predicted molar refractivity (Wildman–Crippen MR) is 127 cm³/mol. The Morgan fingerprint density at radius 3 is 2.48 bits per heavy atom. The van der Waals surface area contributed by atoms with Crippen molar-refractivity contribution < 1.29 is 9.18 Å². The third-order valence-electron chi connectivity index (χ3n) is 6.73. The molecule has 0 unspecified atom stereocenters. The van der Waals surface area contributed by atoms with Gasteiger partial charge < -0.3 is 10.2 Å². The molecule has 1 saturated carbocycles. The van der Waals surface area contributed by atoms with Crippen LogP contribution in [0.3, 0.4) is 0 Å². The number of halogens is 1. The molecule has 33 heavy (non-hydrogen) atoms. The van der Waals surface area contributed by atoms with Gasteiger partial charge in [0, 0.05) is 23.5 Å². The van der Waals surface area contributed by atoms with Crippen molar-refractivity contribution in [2.45, 2.75) is 31.3 Å². The molecule has 3 aromatic carbocycles. The average molecular weight is 441 g/mol. The van der Waals surface area contributed by atoms with E-state index in [1.54, 1.807) is 23.0 Å². The first-order valence-electron chi connectivity index (χ1n) is 11.5. The van der Waals surface area contributed by atoms with Crippen LogP contribution >= 0.6 is 0 Å². The Kier molecular flexibility index (Phi) is 4.95. The molecule has 2 aliphatic rings. The summed E-state index contributed by atoms with van der Waals surface area (Å²) < 4.78 is 15.1. The van der Waals surface area contributed by atoms with Gasteiger partial charge in [-0.15, -0.1) is 0 Å². The highest BCUT2D eigenvalue weighted by Crippen LogP contribution is 2.39. The van der Waals surface area contributed by atoms with Crippen LogP contribution in [0, 0.1) is 11.7 Å². The van der Waals surface area contributed by atoms with Gasteiger partial charge in [-0.05, 0) is 73.3 Å². The van der Waals surface area contributed by atoms with Crippen LogP contribution in [0.5, 0.6) is 0 Å². The minimum absolute atomic E-state index is 0.0537. The number of anilines is 1. The molecule has 1 aliphatic heterocycles. The van der Waals surface area contributed by atoms with E-state index in [9.17, 15) is 9.18 Å². The Labute approximate surface area is 191 Å². The van der Waals surface area contributed by atoms with E-state index in [1.807, 2.05) is 41.3 Å². The van der Waals surface area contributed by atoms with Gasteiger partial charge >= 0.3 is 0 Å². The topological polar surface area (TPSA) is 50.2 Å². The van der Waals surface area contributed by atoms with Crippen LogP contribution in [0.15, 0.2) is 79.0 Å². The Balaban J connectivity index is 1.36. The number of nitrogens with zero attached hydrogens (tertiary/aromatic N) is 3. The van der Waals surface area contributed by atoms with Gasteiger partial charge in [-0.1, -0.05) is 30.3 Å². The fourth-order valence-corrected chi connectivity index (χ4v) is 4.85. The number of amides is 1. The van der Waals surface area contributed by atoms with Crippen LogP contribution in [-0.2, 0) is 4.79 Å². The lowest BCUT2D eigenvalue weighted by molar-refractivity contribution is -0.117. The zero-order valence-corrected chi connectivity index (χ0v) is 18.2. The summed E-state index contributed by atoms with van der Waals surface area (Å²) in [5.41, 5.74) is 3.72. The van der Waals surface area contributed by atoms with E-state index >= 15 is 0 Å². The minimum atomic E-state index is -0.276. The van der Waals surface area contributed by atoms with Crippen molar-refractivity contribution >= 4 is 22.5 Å². The van der Waals surface area contributed by atoms with Crippen molar-refractivity contribution in [2.75, 3.05) is 11.4 Å². The number of carbonyl (C=O) groups is 1. The lowest BCUT2D eigenvalue weighted by atomic mass is 9.99. The molecular weight excluding hydrogens is 415 g/mol. The molecule has 1 saturated heterocycles. The first-order chi connectivity index (χ1) is 16.2. The summed E-state index contributed by atoms with van der Waals surface area (Å²) in [6.07, 6.45) is 4.84. The summed E-state index contributed by atoms with van der Waals surface area (Å²) in [4.78, 5) is 15.2. The van der Waals surface area contributed by atoms with Gasteiger partial charge in [-0.2, -0.15) is 5.10 Å². The average Bonchev–Trinajstić information content (AvgIpc) is 3.48. The molecular formula is C27H25FN4O. The summed E-state index contributed by atoms with van der Waals surface area (Å²) in [5.74, 6) is 0.600. The van der Waals surface area contributed by atoms with Crippen molar-refractivity contribution in [3.8, 4) is 5.69 Å². The number of benzene rings is 3. The standard InChI is InChI=1S/C27H25FN4O/c28-21-8-10-22(11-9-21)32-25-13-12-23(14-20(25)17-30-32)31-26(33)15-24(29-16-18-6-7-18)27(31)19-4-2-1-3-5-19/h1-5,8-14,17-18,24,27,29H,6-7,15-16H2/t24-,27-/m0/s1. The molecule has 4 aromatic rings. The Hall–Kier alpha value is -3.51. The van der Waals surface area contributed by atoms with Gasteiger partial charge in [-0.25, -0.2) is 9.07 Å². The van der Waals surface area contributed by atoms with Gasteiger partial charge in [0.1, 0.15) is 5.82 Å². The Bertz CT molecular complexity index is 1300. The number of hydrogen-bond donors (Lipinski definition) is 1. The summed E-state index contributed by atoms with van der Waals surface area (Å²) in [6.45, 7) is 0.971.